The van der Waals surface area contributed by atoms with Crippen LogP contribution in [0.4, 0.5) is 0 Å². The number of piperidine rings is 1. The Kier molecular flexibility index (Phi) is 4.62. The van der Waals surface area contributed by atoms with Crippen LogP contribution in [0.15, 0.2) is 0 Å². The second-order valence-electron chi connectivity index (χ2n) is 3.91. The zero-order chi connectivity index (χ0) is 8.81. The molecule has 2 nitrogen and oxygen atoms in total. The monoisotopic (exact) mass is 170 g/mol. The van der Waals surface area contributed by atoms with Gasteiger partial charge in [-0.05, 0) is 51.9 Å². The molecule has 1 rings (SSSR count). The number of hydrogen-bond donors (Lipinski definition) is 1. The predicted molar refractivity (Wildman–Crippen MR) is 53.4 cm³/mol. The number of likely N-dealkylation sites (tertiary alicyclic amines) is 1. The van der Waals surface area contributed by atoms with Crippen molar-refractivity contribution >= 4 is 0 Å². The summed E-state index contributed by atoms with van der Waals surface area (Å²) in [5, 5.41) is 3.39. The summed E-state index contributed by atoms with van der Waals surface area (Å²) in [5.74, 6) is 0.947. The first-order chi connectivity index (χ1) is 5.83. The van der Waals surface area contributed by atoms with E-state index in [1.54, 1.807) is 0 Å². The molecular weight excluding hydrogens is 148 g/mol. The van der Waals surface area contributed by atoms with Gasteiger partial charge in [0, 0.05) is 6.54 Å². The molecule has 1 heterocycles. The summed E-state index contributed by atoms with van der Waals surface area (Å²) >= 11 is 0. The fraction of sp³-hybridized carbons (Fsp3) is 1.00. The minimum atomic E-state index is 0.947. The van der Waals surface area contributed by atoms with Crippen molar-refractivity contribution in [3.63, 3.8) is 0 Å². The van der Waals surface area contributed by atoms with E-state index in [2.05, 4.69) is 24.2 Å². The molecule has 12 heavy (non-hydrogen) atoms. The molecule has 0 saturated carbocycles. The molecule has 1 fully saturated rings. The van der Waals surface area contributed by atoms with Crippen LogP contribution in [0, 0.1) is 5.92 Å². The van der Waals surface area contributed by atoms with Gasteiger partial charge in [-0.25, -0.2) is 0 Å². The minimum Gasteiger partial charge on any atom is -0.317 e. The Bertz CT molecular complexity index is 114. The van der Waals surface area contributed by atoms with Crippen LogP contribution in [0.2, 0.25) is 0 Å². The van der Waals surface area contributed by atoms with Crippen molar-refractivity contribution in [2.24, 2.45) is 5.92 Å². The Labute approximate surface area is 76.3 Å². The van der Waals surface area contributed by atoms with Gasteiger partial charge in [0.15, 0.2) is 0 Å². The summed E-state index contributed by atoms with van der Waals surface area (Å²) in [6, 6.07) is 0. The topological polar surface area (TPSA) is 15.3 Å². The smallest absolute Gasteiger partial charge is 0.000709 e. The zero-order valence-electron chi connectivity index (χ0n) is 8.47. The van der Waals surface area contributed by atoms with E-state index < -0.39 is 0 Å². The third-order valence-corrected chi connectivity index (χ3v) is 2.70. The molecule has 0 amide bonds. The highest BCUT2D eigenvalue weighted by molar-refractivity contribution is 4.70. The SMILES string of the molecule is CCNCCC1CCCN(C)C1. The van der Waals surface area contributed by atoms with E-state index in [0.717, 1.165) is 12.5 Å². The third kappa shape index (κ3) is 3.55. The van der Waals surface area contributed by atoms with E-state index in [4.69, 9.17) is 0 Å². The number of nitrogens with one attached hydrogen (secondary N) is 1. The average molecular weight is 170 g/mol. The largest absolute Gasteiger partial charge is 0.317 e. The standard InChI is InChI=1S/C10H22N2/c1-3-11-7-6-10-5-4-8-12(2)9-10/h10-11H,3-9H2,1-2H3. The fourth-order valence-electron chi connectivity index (χ4n) is 1.99. The van der Waals surface area contributed by atoms with Gasteiger partial charge >= 0.3 is 0 Å². The van der Waals surface area contributed by atoms with E-state index in [9.17, 15) is 0 Å². The van der Waals surface area contributed by atoms with Crippen LogP contribution in [0.3, 0.4) is 0 Å². The Morgan fingerprint density at radius 1 is 1.50 bits per heavy atom. The van der Waals surface area contributed by atoms with Crippen LogP contribution in [0.25, 0.3) is 0 Å². The lowest BCUT2D eigenvalue weighted by molar-refractivity contribution is 0.201. The molecule has 0 aromatic carbocycles. The maximum Gasteiger partial charge on any atom is 0.000709 e. The van der Waals surface area contributed by atoms with E-state index >= 15 is 0 Å². The van der Waals surface area contributed by atoms with Crippen molar-refractivity contribution < 1.29 is 0 Å². The number of hydrogen-bond acceptors (Lipinski definition) is 2. The van der Waals surface area contributed by atoms with Crippen LogP contribution in [0.1, 0.15) is 26.2 Å². The van der Waals surface area contributed by atoms with Crippen molar-refractivity contribution in [3.05, 3.63) is 0 Å². The second-order valence-corrected chi connectivity index (χ2v) is 3.91. The molecule has 1 atom stereocenters. The molecule has 1 unspecified atom stereocenters. The van der Waals surface area contributed by atoms with Crippen LogP contribution in [0.5, 0.6) is 0 Å². The molecule has 1 saturated heterocycles. The highest BCUT2D eigenvalue weighted by atomic mass is 15.1. The second kappa shape index (κ2) is 5.55. The first-order valence-corrected chi connectivity index (χ1v) is 5.22. The molecule has 2 heteroatoms. The lowest BCUT2D eigenvalue weighted by Crippen LogP contribution is -2.33. The zero-order valence-corrected chi connectivity index (χ0v) is 8.47. The molecule has 0 aliphatic carbocycles. The van der Waals surface area contributed by atoms with Crippen molar-refractivity contribution in [1.29, 1.82) is 0 Å². The first-order valence-electron chi connectivity index (χ1n) is 5.22. The van der Waals surface area contributed by atoms with Gasteiger partial charge in [0.2, 0.25) is 0 Å². The molecule has 0 radical (unpaired) electrons. The van der Waals surface area contributed by atoms with Crippen molar-refractivity contribution in [2.75, 3.05) is 33.2 Å². The Morgan fingerprint density at radius 2 is 2.33 bits per heavy atom. The van der Waals surface area contributed by atoms with Gasteiger partial charge in [-0.15, -0.1) is 0 Å². The molecule has 0 spiro atoms. The van der Waals surface area contributed by atoms with Crippen LogP contribution >= 0.6 is 0 Å². The van der Waals surface area contributed by atoms with Gasteiger partial charge in [-0.2, -0.15) is 0 Å². The summed E-state index contributed by atoms with van der Waals surface area (Å²) in [6.45, 7) is 7.10. The van der Waals surface area contributed by atoms with Crippen molar-refractivity contribution in [3.8, 4) is 0 Å². The van der Waals surface area contributed by atoms with Crippen LogP contribution < -0.4 is 5.32 Å². The molecular formula is C10H22N2. The predicted octanol–water partition coefficient (Wildman–Crippen LogP) is 1.33. The van der Waals surface area contributed by atoms with Crippen molar-refractivity contribution in [2.45, 2.75) is 26.2 Å². The van der Waals surface area contributed by atoms with Gasteiger partial charge < -0.3 is 10.2 Å². The lowest BCUT2D eigenvalue weighted by atomic mass is 9.95. The summed E-state index contributed by atoms with van der Waals surface area (Å²) in [5.41, 5.74) is 0. The van der Waals surface area contributed by atoms with Crippen molar-refractivity contribution in [1.82, 2.24) is 10.2 Å². The van der Waals surface area contributed by atoms with Gasteiger partial charge in [-0.1, -0.05) is 6.92 Å². The molecule has 1 aliphatic rings. The maximum absolute atomic E-state index is 3.39. The molecule has 0 aromatic rings. The van der Waals surface area contributed by atoms with E-state index in [-0.39, 0.29) is 0 Å². The third-order valence-electron chi connectivity index (χ3n) is 2.70. The lowest BCUT2D eigenvalue weighted by Gasteiger charge is -2.29. The number of nitrogens with zero attached hydrogens (tertiary/aromatic N) is 1. The van der Waals surface area contributed by atoms with E-state index in [1.165, 1.54) is 38.9 Å². The molecule has 72 valence electrons. The minimum absolute atomic E-state index is 0.947. The highest BCUT2D eigenvalue weighted by Crippen LogP contribution is 2.17. The van der Waals surface area contributed by atoms with Gasteiger partial charge in [-0.3, -0.25) is 0 Å². The average Bonchev–Trinajstić information content (AvgIpc) is 2.05. The Hall–Kier alpha value is -0.0800. The van der Waals surface area contributed by atoms with Gasteiger partial charge in [0.05, 0.1) is 0 Å². The summed E-state index contributed by atoms with van der Waals surface area (Å²) in [4.78, 5) is 2.46. The first kappa shape index (κ1) is 10.0. The van der Waals surface area contributed by atoms with E-state index in [1.807, 2.05) is 0 Å². The molecule has 1 N–H and O–H groups in total. The van der Waals surface area contributed by atoms with Gasteiger partial charge in [0.1, 0.15) is 0 Å². The van der Waals surface area contributed by atoms with Crippen LogP contribution in [-0.4, -0.2) is 38.1 Å². The summed E-state index contributed by atoms with van der Waals surface area (Å²) in [6.07, 6.45) is 4.20. The maximum atomic E-state index is 3.39. The fourth-order valence-corrected chi connectivity index (χ4v) is 1.99. The number of rotatable bonds is 4. The quantitative estimate of drug-likeness (QED) is 0.640. The van der Waals surface area contributed by atoms with Gasteiger partial charge in [0.25, 0.3) is 0 Å². The highest BCUT2D eigenvalue weighted by Gasteiger charge is 2.15. The van der Waals surface area contributed by atoms with Crippen LogP contribution in [-0.2, 0) is 0 Å². The normalized spacial score (nSPS) is 26.0. The molecule has 0 bridgehead atoms. The molecule has 0 aromatic heterocycles. The Balaban J connectivity index is 2.06. The summed E-state index contributed by atoms with van der Waals surface area (Å²) in [7, 11) is 2.24. The molecule has 1 aliphatic heterocycles. The Morgan fingerprint density at radius 3 is 3.00 bits per heavy atom. The van der Waals surface area contributed by atoms with E-state index in [0.29, 0.717) is 0 Å². The summed E-state index contributed by atoms with van der Waals surface area (Å²) < 4.78 is 0.